The van der Waals surface area contributed by atoms with E-state index >= 15 is 0 Å². The molecule has 67 valence electrons. The number of aromatic amines is 1. The maximum atomic E-state index is 4.10. The second-order valence-corrected chi connectivity index (χ2v) is 2.87. The van der Waals surface area contributed by atoms with Crippen LogP contribution in [0.2, 0.25) is 0 Å². The molecule has 0 amide bonds. The van der Waals surface area contributed by atoms with E-state index in [-0.39, 0.29) is 0 Å². The second kappa shape index (κ2) is 2.66. The standard InChI is InChI=1S/C9H6N5/c1-4-10-14(5-1)7-2-3-8-9(6-7)12-13-11-8/h1-5H,(H,11,12,13). The molecule has 3 rings (SSSR count). The fourth-order valence-electron chi connectivity index (χ4n) is 1.31. The highest BCUT2D eigenvalue weighted by Crippen LogP contribution is 2.12. The number of nitrogens with zero attached hydrogens (tertiary/aromatic N) is 4. The minimum Gasteiger partial charge on any atom is -0.258 e. The summed E-state index contributed by atoms with van der Waals surface area (Å²) in [6.45, 7) is 0. The lowest BCUT2D eigenvalue weighted by Crippen LogP contribution is -1.93. The van der Waals surface area contributed by atoms with Crippen molar-refractivity contribution in [2.24, 2.45) is 0 Å². The van der Waals surface area contributed by atoms with Gasteiger partial charge in [0.15, 0.2) is 0 Å². The Morgan fingerprint density at radius 1 is 1.36 bits per heavy atom. The van der Waals surface area contributed by atoms with Crippen LogP contribution in [0.25, 0.3) is 16.7 Å². The molecular formula is C9H6N5. The van der Waals surface area contributed by atoms with E-state index in [4.69, 9.17) is 0 Å². The zero-order valence-electron chi connectivity index (χ0n) is 7.18. The van der Waals surface area contributed by atoms with Gasteiger partial charge in [-0.3, -0.25) is 5.10 Å². The lowest BCUT2D eigenvalue weighted by atomic mass is 10.3. The average Bonchev–Trinajstić information content (AvgIpc) is 2.88. The molecule has 2 heterocycles. The van der Waals surface area contributed by atoms with E-state index in [2.05, 4.69) is 26.6 Å². The SMILES string of the molecule is [c]1c(-n2cccn2)ccc2[nH]nnc12. The van der Waals surface area contributed by atoms with Gasteiger partial charge in [0.25, 0.3) is 0 Å². The number of aromatic nitrogens is 5. The zero-order chi connectivity index (χ0) is 9.38. The topological polar surface area (TPSA) is 59.4 Å². The normalized spacial score (nSPS) is 10.9. The molecule has 0 atom stereocenters. The molecule has 2 aromatic heterocycles. The Morgan fingerprint density at radius 3 is 3.21 bits per heavy atom. The highest BCUT2D eigenvalue weighted by atomic mass is 15.3. The van der Waals surface area contributed by atoms with Crippen LogP contribution in [-0.4, -0.2) is 25.2 Å². The molecular weight excluding hydrogens is 178 g/mol. The first-order chi connectivity index (χ1) is 6.93. The largest absolute Gasteiger partial charge is 0.258 e. The number of nitrogens with one attached hydrogen (secondary N) is 1. The summed E-state index contributed by atoms with van der Waals surface area (Å²) in [6.07, 6.45) is 3.58. The molecule has 1 N–H and O–H groups in total. The van der Waals surface area contributed by atoms with E-state index in [1.54, 1.807) is 10.9 Å². The molecule has 0 spiro atoms. The molecule has 0 aliphatic carbocycles. The molecule has 0 aliphatic heterocycles. The first kappa shape index (κ1) is 7.25. The lowest BCUT2D eigenvalue weighted by molar-refractivity contribution is 0.880. The molecule has 0 saturated carbocycles. The van der Waals surface area contributed by atoms with Crippen LogP contribution in [0, 0.1) is 6.07 Å². The first-order valence-corrected chi connectivity index (χ1v) is 4.16. The third-order valence-corrected chi connectivity index (χ3v) is 1.98. The van der Waals surface area contributed by atoms with Gasteiger partial charge in [-0.25, -0.2) is 4.68 Å². The van der Waals surface area contributed by atoms with E-state index in [1.165, 1.54) is 0 Å². The van der Waals surface area contributed by atoms with Gasteiger partial charge in [0, 0.05) is 18.5 Å². The van der Waals surface area contributed by atoms with Crippen molar-refractivity contribution in [3.05, 3.63) is 36.7 Å². The van der Waals surface area contributed by atoms with Crippen molar-refractivity contribution in [3.63, 3.8) is 0 Å². The number of benzene rings is 1. The molecule has 1 radical (unpaired) electrons. The summed E-state index contributed by atoms with van der Waals surface area (Å²) in [5, 5.41) is 14.4. The van der Waals surface area contributed by atoms with Crippen molar-refractivity contribution in [1.29, 1.82) is 0 Å². The molecule has 3 aromatic rings. The lowest BCUT2D eigenvalue weighted by Gasteiger charge is -1.98. The summed E-state index contributed by atoms with van der Waals surface area (Å²) in [4.78, 5) is 0. The van der Waals surface area contributed by atoms with Gasteiger partial charge in [0.1, 0.15) is 5.52 Å². The second-order valence-electron chi connectivity index (χ2n) is 2.87. The fraction of sp³-hybridized carbons (Fsp3) is 0. The summed E-state index contributed by atoms with van der Waals surface area (Å²) < 4.78 is 1.73. The Morgan fingerprint density at radius 2 is 2.36 bits per heavy atom. The Balaban J connectivity index is 2.23. The predicted molar refractivity (Wildman–Crippen MR) is 49.8 cm³/mol. The molecule has 5 nitrogen and oxygen atoms in total. The molecule has 0 aliphatic rings. The van der Waals surface area contributed by atoms with E-state index < -0.39 is 0 Å². The number of rotatable bonds is 1. The van der Waals surface area contributed by atoms with Crippen molar-refractivity contribution < 1.29 is 0 Å². The minimum absolute atomic E-state index is 0.720. The number of H-pyrrole nitrogens is 1. The van der Waals surface area contributed by atoms with Crippen LogP contribution in [0.5, 0.6) is 0 Å². The molecule has 14 heavy (non-hydrogen) atoms. The van der Waals surface area contributed by atoms with Crippen molar-refractivity contribution in [3.8, 4) is 5.69 Å². The third-order valence-electron chi connectivity index (χ3n) is 1.98. The predicted octanol–water partition coefficient (Wildman–Crippen LogP) is 0.944. The van der Waals surface area contributed by atoms with Crippen LogP contribution in [0.4, 0.5) is 0 Å². The van der Waals surface area contributed by atoms with Crippen LogP contribution >= 0.6 is 0 Å². The third kappa shape index (κ3) is 0.990. The van der Waals surface area contributed by atoms with E-state index in [0.717, 1.165) is 16.7 Å². The number of hydrogen-bond donors (Lipinski definition) is 1. The number of hydrogen-bond acceptors (Lipinski definition) is 3. The highest BCUT2D eigenvalue weighted by molar-refractivity contribution is 5.75. The quantitative estimate of drug-likeness (QED) is 0.612. The zero-order valence-corrected chi connectivity index (χ0v) is 7.18. The monoisotopic (exact) mass is 184 g/mol. The Hall–Kier alpha value is -2.17. The molecule has 5 heteroatoms. The van der Waals surface area contributed by atoms with Crippen molar-refractivity contribution in [1.82, 2.24) is 25.2 Å². The van der Waals surface area contributed by atoms with Gasteiger partial charge in [0.05, 0.1) is 11.2 Å². The Labute approximate surface area is 79.4 Å². The first-order valence-electron chi connectivity index (χ1n) is 4.16. The summed E-state index contributed by atoms with van der Waals surface area (Å²) in [5.41, 5.74) is 2.45. The van der Waals surface area contributed by atoms with Gasteiger partial charge in [-0.2, -0.15) is 5.10 Å². The number of fused-ring (bicyclic) bond motifs is 1. The van der Waals surface area contributed by atoms with Gasteiger partial charge >= 0.3 is 0 Å². The van der Waals surface area contributed by atoms with Crippen LogP contribution in [0.3, 0.4) is 0 Å². The summed E-state index contributed by atoms with van der Waals surface area (Å²) in [6, 6.07) is 8.78. The smallest absolute Gasteiger partial charge is 0.123 e. The van der Waals surface area contributed by atoms with E-state index in [9.17, 15) is 0 Å². The van der Waals surface area contributed by atoms with Crippen LogP contribution in [-0.2, 0) is 0 Å². The summed E-state index contributed by atoms with van der Waals surface area (Å²) >= 11 is 0. The summed E-state index contributed by atoms with van der Waals surface area (Å²) in [7, 11) is 0. The van der Waals surface area contributed by atoms with Crippen molar-refractivity contribution >= 4 is 11.0 Å². The van der Waals surface area contributed by atoms with Crippen LogP contribution < -0.4 is 0 Å². The molecule has 0 bridgehead atoms. The Kier molecular flexibility index (Phi) is 1.38. The summed E-state index contributed by atoms with van der Waals surface area (Å²) in [5.74, 6) is 0. The van der Waals surface area contributed by atoms with Crippen molar-refractivity contribution in [2.45, 2.75) is 0 Å². The molecule has 0 unspecified atom stereocenters. The van der Waals surface area contributed by atoms with Gasteiger partial charge in [-0.1, -0.05) is 5.21 Å². The molecule has 1 aromatic carbocycles. The maximum Gasteiger partial charge on any atom is 0.123 e. The van der Waals surface area contributed by atoms with Gasteiger partial charge in [-0.05, 0) is 18.2 Å². The van der Waals surface area contributed by atoms with Gasteiger partial charge in [0.2, 0.25) is 0 Å². The average molecular weight is 184 g/mol. The van der Waals surface area contributed by atoms with E-state index in [0.29, 0.717) is 0 Å². The molecule has 0 fully saturated rings. The molecule has 0 saturated heterocycles. The van der Waals surface area contributed by atoms with Crippen LogP contribution in [0.15, 0.2) is 30.6 Å². The van der Waals surface area contributed by atoms with Gasteiger partial charge < -0.3 is 0 Å². The maximum absolute atomic E-state index is 4.10. The highest BCUT2D eigenvalue weighted by Gasteiger charge is 2.01. The Bertz CT molecular complexity index is 551. The van der Waals surface area contributed by atoms with Gasteiger partial charge in [-0.15, -0.1) is 5.10 Å². The van der Waals surface area contributed by atoms with Crippen LogP contribution in [0.1, 0.15) is 0 Å². The minimum atomic E-state index is 0.720. The van der Waals surface area contributed by atoms with Crippen molar-refractivity contribution in [2.75, 3.05) is 0 Å². The fourth-order valence-corrected chi connectivity index (χ4v) is 1.31. The van der Waals surface area contributed by atoms with E-state index in [1.807, 2.05) is 24.4 Å².